The maximum absolute atomic E-state index is 11.8. The molecule has 4 nitrogen and oxygen atoms in total. The van der Waals surface area contributed by atoms with Gasteiger partial charge in [0.05, 0.1) is 5.75 Å². The van der Waals surface area contributed by atoms with Crippen molar-refractivity contribution in [2.45, 2.75) is 59.5 Å². The minimum atomic E-state index is -2.87. The van der Waals surface area contributed by atoms with Gasteiger partial charge in [0, 0.05) is 37.5 Å². The monoisotopic (exact) mass is 318 g/mol. The van der Waals surface area contributed by atoms with Crippen LogP contribution in [0.5, 0.6) is 0 Å². The van der Waals surface area contributed by atoms with Crippen molar-refractivity contribution in [3.8, 4) is 0 Å². The molecule has 0 saturated carbocycles. The Balaban J connectivity index is 2.64. The first-order valence-electron chi connectivity index (χ1n) is 8.41. The summed E-state index contributed by atoms with van der Waals surface area (Å²) in [5, 5.41) is 3.66. The van der Waals surface area contributed by atoms with E-state index in [9.17, 15) is 8.42 Å². The van der Waals surface area contributed by atoms with Crippen LogP contribution in [0.1, 0.15) is 47.5 Å². The van der Waals surface area contributed by atoms with Crippen molar-refractivity contribution in [3.63, 3.8) is 0 Å². The average molecular weight is 319 g/mol. The van der Waals surface area contributed by atoms with Crippen molar-refractivity contribution in [3.05, 3.63) is 0 Å². The smallest absolute Gasteiger partial charge is 0.151 e. The SMILES string of the molecule is CCS(=O)(=O)CCN1CC(CC(C)C)NCC1CC(C)C. The van der Waals surface area contributed by atoms with Crippen LogP contribution in [0.3, 0.4) is 0 Å². The summed E-state index contributed by atoms with van der Waals surface area (Å²) in [6, 6.07) is 0.971. The molecule has 2 unspecified atom stereocenters. The minimum Gasteiger partial charge on any atom is -0.311 e. The molecule has 1 fully saturated rings. The first-order valence-corrected chi connectivity index (χ1v) is 10.2. The molecule has 21 heavy (non-hydrogen) atoms. The largest absolute Gasteiger partial charge is 0.311 e. The van der Waals surface area contributed by atoms with Crippen molar-refractivity contribution >= 4 is 9.84 Å². The fourth-order valence-corrected chi connectivity index (χ4v) is 3.91. The van der Waals surface area contributed by atoms with Gasteiger partial charge in [-0.3, -0.25) is 4.90 Å². The van der Waals surface area contributed by atoms with Crippen LogP contribution in [0.4, 0.5) is 0 Å². The van der Waals surface area contributed by atoms with Gasteiger partial charge < -0.3 is 5.32 Å². The second-order valence-electron chi connectivity index (χ2n) is 7.25. The van der Waals surface area contributed by atoms with Gasteiger partial charge in [0.15, 0.2) is 9.84 Å². The lowest BCUT2D eigenvalue weighted by Crippen LogP contribution is -2.57. The molecule has 0 aromatic rings. The lowest BCUT2D eigenvalue weighted by atomic mass is 9.96. The van der Waals surface area contributed by atoms with E-state index in [0.717, 1.165) is 25.9 Å². The normalized spacial score (nSPS) is 24.9. The third kappa shape index (κ3) is 7.11. The van der Waals surface area contributed by atoms with Gasteiger partial charge in [0.1, 0.15) is 0 Å². The molecule has 1 heterocycles. The van der Waals surface area contributed by atoms with Gasteiger partial charge in [-0.25, -0.2) is 8.42 Å². The maximum atomic E-state index is 11.8. The van der Waals surface area contributed by atoms with Crippen LogP contribution in [0.2, 0.25) is 0 Å². The molecule has 0 radical (unpaired) electrons. The highest BCUT2D eigenvalue weighted by Gasteiger charge is 2.29. The predicted octanol–water partition coefficient (Wildman–Crippen LogP) is 2.16. The van der Waals surface area contributed by atoms with Crippen LogP contribution in [0.15, 0.2) is 0 Å². The topological polar surface area (TPSA) is 49.4 Å². The molecule has 1 N–H and O–H groups in total. The molecule has 0 amide bonds. The second-order valence-corrected chi connectivity index (χ2v) is 9.72. The molecule has 1 aliphatic rings. The molecular weight excluding hydrogens is 284 g/mol. The van der Waals surface area contributed by atoms with E-state index in [0.29, 0.717) is 36.2 Å². The molecule has 1 aliphatic heterocycles. The molecule has 0 aromatic heterocycles. The predicted molar refractivity (Wildman–Crippen MR) is 90.4 cm³/mol. The van der Waals surface area contributed by atoms with Gasteiger partial charge >= 0.3 is 0 Å². The van der Waals surface area contributed by atoms with Crippen LogP contribution in [-0.4, -0.2) is 56.5 Å². The molecule has 2 atom stereocenters. The van der Waals surface area contributed by atoms with Crippen LogP contribution in [0, 0.1) is 11.8 Å². The average Bonchev–Trinajstić information content (AvgIpc) is 2.37. The van der Waals surface area contributed by atoms with Crippen LogP contribution < -0.4 is 5.32 Å². The van der Waals surface area contributed by atoms with Crippen molar-refractivity contribution in [1.29, 1.82) is 0 Å². The standard InChI is InChI=1S/C16H34N2O2S/c1-6-21(19,20)8-7-18-12-15(9-13(2)3)17-11-16(18)10-14(4)5/h13-17H,6-12H2,1-5H3. The maximum Gasteiger partial charge on any atom is 0.151 e. The summed E-state index contributed by atoms with van der Waals surface area (Å²) in [6.45, 7) is 13.4. The van der Waals surface area contributed by atoms with E-state index in [-0.39, 0.29) is 5.75 Å². The van der Waals surface area contributed by atoms with E-state index in [1.54, 1.807) is 6.92 Å². The Kier molecular flexibility index (Phi) is 7.65. The molecule has 0 bridgehead atoms. The molecule has 0 spiro atoms. The molecular formula is C16H34N2O2S. The fraction of sp³-hybridized carbons (Fsp3) is 1.00. The zero-order valence-electron chi connectivity index (χ0n) is 14.4. The first kappa shape index (κ1) is 18.9. The molecule has 1 rings (SSSR count). The summed E-state index contributed by atoms with van der Waals surface area (Å²) >= 11 is 0. The summed E-state index contributed by atoms with van der Waals surface area (Å²) in [7, 11) is -2.87. The Bertz CT molecular complexity index is 393. The third-order valence-corrected chi connectivity index (χ3v) is 5.93. The van der Waals surface area contributed by atoms with E-state index >= 15 is 0 Å². The van der Waals surface area contributed by atoms with Gasteiger partial charge in [-0.1, -0.05) is 34.6 Å². The Morgan fingerprint density at radius 1 is 1.14 bits per heavy atom. The Hall–Kier alpha value is -0.130. The minimum absolute atomic E-state index is 0.253. The van der Waals surface area contributed by atoms with E-state index in [4.69, 9.17) is 0 Å². The van der Waals surface area contributed by atoms with Gasteiger partial charge in [-0.05, 0) is 24.7 Å². The third-order valence-electron chi connectivity index (χ3n) is 4.24. The zero-order valence-corrected chi connectivity index (χ0v) is 15.2. The first-order chi connectivity index (χ1) is 9.73. The molecule has 1 saturated heterocycles. The van der Waals surface area contributed by atoms with E-state index in [2.05, 4.69) is 37.9 Å². The number of hydrogen-bond acceptors (Lipinski definition) is 4. The number of nitrogens with zero attached hydrogens (tertiary/aromatic N) is 1. The van der Waals surface area contributed by atoms with Crippen molar-refractivity contribution in [1.82, 2.24) is 10.2 Å². The summed E-state index contributed by atoms with van der Waals surface area (Å²) in [5.74, 6) is 1.87. The number of nitrogens with one attached hydrogen (secondary N) is 1. The van der Waals surface area contributed by atoms with Crippen LogP contribution in [0.25, 0.3) is 0 Å². The summed E-state index contributed by atoms with van der Waals surface area (Å²) in [5.41, 5.74) is 0. The van der Waals surface area contributed by atoms with Crippen molar-refractivity contribution < 1.29 is 8.42 Å². The highest BCUT2D eigenvalue weighted by atomic mass is 32.2. The van der Waals surface area contributed by atoms with E-state index in [1.165, 1.54) is 0 Å². The van der Waals surface area contributed by atoms with Crippen LogP contribution >= 0.6 is 0 Å². The lowest BCUT2D eigenvalue weighted by Gasteiger charge is -2.41. The summed E-state index contributed by atoms with van der Waals surface area (Å²) in [6.07, 6.45) is 2.29. The molecule has 126 valence electrons. The Morgan fingerprint density at radius 2 is 1.76 bits per heavy atom. The number of piperazine rings is 1. The highest BCUT2D eigenvalue weighted by Crippen LogP contribution is 2.18. The van der Waals surface area contributed by atoms with Crippen molar-refractivity contribution in [2.24, 2.45) is 11.8 Å². The van der Waals surface area contributed by atoms with Crippen LogP contribution in [-0.2, 0) is 9.84 Å². The highest BCUT2D eigenvalue weighted by molar-refractivity contribution is 7.91. The zero-order chi connectivity index (χ0) is 16.0. The van der Waals surface area contributed by atoms with Gasteiger partial charge in [-0.15, -0.1) is 0 Å². The Morgan fingerprint density at radius 3 is 2.29 bits per heavy atom. The lowest BCUT2D eigenvalue weighted by molar-refractivity contribution is 0.114. The van der Waals surface area contributed by atoms with Gasteiger partial charge in [0.2, 0.25) is 0 Å². The Labute approximate surface area is 131 Å². The number of hydrogen-bond donors (Lipinski definition) is 1. The summed E-state index contributed by atoms with van der Waals surface area (Å²) < 4.78 is 23.6. The van der Waals surface area contributed by atoms with Gasteiger partial charge in [-0.2, -0.15) is 0 Å². The molecule has 0 aliphatic carbocycles. The van der Waals surface area contributed by atoms with Crippen molar-refractivity contribution in [2.75, 3.05) is 31.1 Å². The number of rotatable bonds is 8. The molecule has 5 heteroatoms. The van der Waals surface area contributed by atoms with E-state index in [1.807, 2.05) is 0 Å². The second kappa shape index (κ2) is 8.49. The van der Waals surface area contributed by atoms with Gasteiger partial charge in [0.25, 0.3) is 0 Å². The molecule has 0 aromatic carbocycles. The number of sulfone groups is 1. The van der Waals surface area contributed by atoms with E-state index < -0.39 is 9.84 Å². The fourth-order valence-electron chi connectivity index (χ4n) is 3.11. The quantitative estimate of drug-likeness (QED) is 0.745. The summed E-state index contributed by atoms with van der Waals surface area (Å²) in [4.78, 5) is 2.41.